The molecule has 0 radical (unpaired) electrons. The lowest BCUT2D eigenvalue weighted by molar-refractivity contribution is -0.124. The van der Waals surface area contributed by atoms with Crippen LogP contribution in [0.15, 0.2) is 24.3 Å². The normalized spacial score (nSPS) is 13.6. The number of hydrogen-bond donors (Lipinski definition) is 3. The second-order valence-corrected chi connectivity index (χ2v) is 5.66. The monoisotopic (exact) mass is 291 g/mol. The molecule has 5 nitrogen and oxygen atoms in total. The van der Waals surface area contributed by atoms with E-state index in [0.29, 0.717) is 12.1 Å². The van der Waals surface area contributed by atoms with Gasteiger partial charge < -0.3 is 16.4 Å². The molecule has 116 valence electrons. The fraction of sp³-hybridized carbons (Fsp3) is 0.500. The Kier molecular flexibility index (Phi) is 6.37. The highest BCUT2D eigenvalue weighted by Crippen LogP contribution is 2.09. The van der Waals surface area contributed by atoms with Gasteiger partial charge in [-0.05, 0) is 31.4 Å². The van der Waals surface area contributed by atoms with Crippen LogP contribution in [0.25, 0.3) is 0 Å². The van der Waals surface area contributed by atoms with E-state index in [0.717, 1.165) is 5.56 Å². The third kappa shape index (κ3) is 4.86. The number of nitrogens with one attached hydrogen (secondary N) is 2. The average Bonchev–Trinajstić information content (AvgIpc) is 2.44. The minimum absolute atomic E-state index is 0.0112. The lowest BCUT2D eigenvalue weighted by Crippen LogP contribution is -2.52. The number of nitrogens with two attached hydrogens (primary N) is 1. The first-order valence-electron chi connectivity index (χ1n) is 7.23. The number of carbonyl (C=O) groups excluding carboxylic acids is 2. The molecule has 5 heteroatoms. The van der Waals surface area contributed by atoms with Crippen LogP contribution < -0.4 is 16.4 Å². The van der Waals surface area contributed by atoms with E-state index in [1.54, 1.807) is 6.07 Å². The Labute approximate surface area is 126 Å². The van der Waals surface area contributed by atoms with Crippen molar-refractivity contribution in [1.29, 1.82) is 0 Å². The highest BCUT2D eigenvalue weighted by Gasteiger charge is 2.25. The molecule has 0 spiro atoms. The Morgan fingerprint density at radius 3 is 2.29 bits per heavy atom. The highest BCUT2D eigenvalue weighted by atomic mass is 16.2. The number of amides is 2. The van der Waals surface area contributed by atoms with Crippen molar-refractivity contribution in [2.45, 2.75) is 39.8 Å². The summed E-state index contributed by atoms with van der Waals surface area (Å²) in [4.78, 5) is 24.5. The van der Waals surface area contributed by atoms with Crippen LogP contribution in [0.1, 0.15) is 36.7 Å². The standard InChI is InChI=1S/C16H25N3O2/c1-10(2)14(16(21)18-12(4)9-17)19-15(20)13-8-6-5-7-11(13)3/h5-8,10,12,14H,9,17H2,1-4H3,(H,18,21)(H,19,20)/t12-,14?/m0/s1. The Bertz CT molecular complexity index is 500. The van der Waals surface area contributed by atoms with Gasteiger partial charge in [-0.1, -0.05) is 32.0 Å². The van der Waals surface area contributed by atoms with Gasteiger partial charge in [-0.15, -0.1) is 0 Å². The fourth-order valence-corrected chi connectivity index (χ4v) is 1.97. The van der Waals surface area contributed by atoms with Gasteiger partial charge >= 0.3 is 0 Å². The molecule has 0 aliphatic rings. The SMILES string of the molecule is Cc1ccccc1C(=O)NC(C(=O)N[C@@H](C)CN)C(C)C. The average molecular weight is 291 g/mol. The summed E-state index contributed by atoms with van der Waals surface area (Å²) in [7, 11) is 0. The summed E-state index contributed by atoms with van der Waals surface area (Å²) in [6.45, 7) is 7.86. The lowest BCUT2D eigenvalue weighted by atomic mass is 10.0. The fourth-order valence-electron chi connectivity index (χ4n) is 1.97. The Balaban J connectivity index is 2.82. The predicted octanol–water partition coefficient (Wildman–Crippen LogP) is 1.21. The van der Waals surface area contributed by atoms with Gasteiger partial charge in [-0.25, -0.2) is 0 Å². The van der Waals surface area contributed by atoms with Crippen LogP contribution in [0, 0.1) is 12.8 Å². The number of benzene rings is 1. The summed E-state index contributed by atoms with van der Waals surface area (Å²) in [6, 6.07) is 6.61. The molecule has 1 rings (SSSR count). The van der Waals surface area contributed by atoms with Crippen molar-refractivity contribution in [2.75, 3.05) is 6.54 Å². The second-order valence-electron chi connectivity index (χ2n) is 5.66. The van der Waals surface area contributed by atoms with Crippen LogP contribution in [0.2, 0.25) is 0 Å². The van der Waals surface area contributed by atoms with Crippen molar-refractivity contribution in [3.8, 4) is 0 Å². The molecule has 0 aromatic heterocycles. The molecule has 0 heterocycles. The van der Waals surface area contributed by atoms with Gasteiger partial charge in [-0.3, -0.25) is 9.59 Å². The van der Waals surface area contributed by atoms with E-state index in [9.17, 15) is 9.59 Å². The summed E-state index contributed by atoms with van der Waals surface area (Å²) in [6.07, 6.45) is 0. The Morgan fingerprint density at radius 1 is 1.14 bits per heavy atom. The summed E-state index contributed by atoms with van der Waals surface area (Å²) in [5.41, 5.74) is 6.98. The van der Waals surface area contributed by atoms with Crippen molar-refractivity contribution >= 4 is 11.8 Å². The van der Waals surface area contributed by atoms with Crippen LogP contribution in [0.5, 0.6) is 0 Å². The summed E-state index contributed by atoms with van der Waals surface area (Å²) in [5.74, 6) is -0.449. The molecule has 0 bridgehead atoms. The molecule has 0 aliphatic heterocycles. The van der Waals surface area contributed by atoms with E-state index in [1.165, 1.54) is 0 Å². The highest BCUT2D eigenvalue weighted by molar-refractivity contribution is 5.98. The molecule has 1 unspecified atom stereocenters. The van der Waals surface area contributed by atoms with E-state index in [2.05, 4.69) is 10.6 Å². The quantitative estimate of drug-likeness (QED) is 0.736. The first-order chi connectivity index (χ1) is 9.86. The first kappa shape index (κ1) is 17.2. The van der Waals surface area contributed by atoms with Crippen molar-refractivity contribution in [3.05, 3.63) is 35.4 Å². The van der Waals surface area contributed by atoms with E-state index in [1.807, 2.05) is 45.9 Å². The minimum atomic E-state index is -0.578. The molecule has 0 saturated carbocycles. The third-order valence-electron chi connectivity index (χ3n) is 3.37. The second kappa shape index (κ2) is 7.78. The van der Waals surface area contributed by atoms with Crippen LogP contribution in [0.3, 0.4) is 0 Å². The number of hydrogen-bond acceptors (Lipinski definition) is 3. The largest absolute Gasteiger partial charge is 0.351 e. The van der Waals surface area contributed by atoms with Gasteiger partial charge in [-0.2, -0.15) is 0 Å². The number of aryl methyl sites for hydroxylation is 1. The molecule has 2 amide bonds. The summed E-state index contributed by atoms with van der Waals surface area (Å²) in [5, 5.41) is 5.61. The van der Waals surface area contributed by atoms with Crippen LogP contribution >= 0.6 is 0 Å². The lowest BCUT2D eigenvalue weighted by Gasteiger charge is -2.24. The maximum atomic E-state index is 12.3. The summed E-state index contributed by atoms with van der Waals surface area (Å²) >= 11 is 0. The van der Waals surface area contributed by atoms with E-state index in [-0.39, 0.29) is 23.8 Å². The molecule has 2 atom stereocenters. The Hall–Kier alpha value is -1.88. The third-order valence-corrected chi connectivity index (χ3v) is 3.37. The van der Waals surface area contributed by atoms with Gasteiger partial charge in [0.1, 0.15) is 6.04 Å². The molecule has 0 saturated heterocycles. The molecular formula is C16H25N3O2. The maximum Gasteiger partial charge on any atom is 0.252 e. The molecular weight excluding hydrogens is 266 g/mol. The van der Waals surface area contributed by atoms with E-state index in [4.69, 9.17) is 5.73 Å². The van der Waals surface area contributed by atoms with E-state index >= 15 is 0 Å². The topological polar surface area (TPSA) is 84.2 Å². The van der Waals surface area contributed by atoms with Crippen molar-refractivity contribution in [3.63, 3.8) is 0 Å². The zero-order valence-electron chi connectivity index (χ0n) is 13.1. The maximum absolute atomic E-state index is 12.3. The van der Waals surface area contributed by atoms with Crippen LogP contribution in [-0.2, 0) is 4.79 Å². The molecule has 1 aromatic carbocycles. The molecule has 21 heavy (non-hydrogen) atoms. The minimum Gasteiger partial charge on any atom is -0.351 e. The number of rotatable bonds is 6. The zero-order valence-corrected chi connectivity index (χ0v) is 13.1. The summed E-state index contributed by atoms with van der Waals surface area (Å²) < 4.78 is 0. The molecule has 0 aliphatic carbocycles. The zero-order chi connectivity index (χ0) is 16.0. The predicted molar refractivity (Wildman–Crippen MR) is 83.9 cm³/mol. The van der Waals surface area contributed by atoms with Crippen LogP contribution in [-0.4, -0.2) is 30.4 Å². The first-order valence-corrected chi connectivity index (χ1v) is 7.23. The van der Waals surface area contributed by atoms with Crippen LogP contribution in [0.4, 0.5) is 0 Å². The van der Waals surface area contributed by atoms with Gasteiger partial charge in [0.05, 0.1) is 0 Å². The van der Waals surface area contributed by atoms with Gasteiger partial charge in [0.15, 0.2) is 0 Å². The molecule has 1 aromatic rings. The molecule has 4 N–H and O–H groups in total. The Morgan fingerprint density at radius 2 is 1.76 bits per heavy atom. The van der Waals surface area contributed by atoms with Crippen molar-refractivity contribution in [1.82, 2.24) is 10.6 Å². The van der Waals surface area contributed by atoms with Gasteiger partial charge in [0, 0.05) is 18.2 Å². The van der Waals surface area contributed by atoms with E-state index < -0.39 is 6.04 Å². The van der Waals surface area contributed by atoms with Crippen molar-refractivity contribution < 1.29 is 9.59 Å². The van der Waals surface area contributed by atoms with Gasteiger partial charge in [0.2, 0.25) is 5.91 Å². The van der Waals surface area contributed by atoms with Gasteiger partial charge in [0.25, 0.3) is 5.91 Å². The smallest absolute Gasteiger partial charge is 0.252 e. The molecule has 0 fully saturated rings. The van der Waals surface area contributed by atoms with Crippen molar-refractivity contribution in [2.24, 2.45) is 11.7 Å². The number of carbonyl (C=O) groups is 2.